The maximum absolute atomic E-state index is 10.1. The van der Waals surface area contributed by atoms with Crippen molar-refractivity contribution >= 4 is 11.8 Å². The molecule has 0 unspecified atom stereocenters. The predicted octanol–water partition coefficient (Wildman–Crippen LogP) is 1.98. The molecule has 0 aliphatic rings. The number of rotatable bonds is 8. The lowest BCUT2D eigenvalue weighted by molar-refractivity contribution is 0.165. The van der Waals surface area contributed by atoms with E-state index in [0.29, 0.717) is 24.5 Å². The van der Waals surface area contributed by atoms with Crippen LogP contribution in [-0.2, 0) is 12.2 Å². The Hall–Kier alpha value is -2.81. The first-order chi connectivity index (χ1) is 13.2. The van der Waals surface area contributed by atoms with E-state index < -0.39 is 0 Å². The van der Waals surface area contributed by atoms with Crippen LogP contribution in [0.15, 0.2) is 42.0 Å². The van der Waals surface area contributed by atoms with E-state index in [4.69, 9.17) is 4.74 Å². The van der Waals surface area contributed by atoms with Gasteiger partial charge in [0.25, 0.3) is 5.62 Å². The van der Waals surface area contributed by atoms with Crippen LogP contribution in [0.4, 0.5) is 0 Å². The molecule has 0 aliphatic heterocycles. The van der Waals surface area contributed by atoms with Crippen molar-refractivity contribution in [3.8, 4) is 5.88 Å². The highest BCUT2D eigenvalue weighted by Gasteiger charge is 2.03. The van der Waals surface area contributed by atoms with E-state index in [1.54, 1.807) is 43.8 Å². The average molecular weight is 386 g/mol. The van der Waals surface area contributed by atoms with Crippen LogP contribution >= 0.6 is 11.8 Å². The van der Waals surface area contributed by atoms with Gasteiger partial charge in [-0.1, -0.05) is 0 Å². The van der Waals surface area contributed by atoms with Crippen molar-refractivity contribution < 1.29 is 9.94 Å². The van der Waals surface area contributed by atoms with E-state index in [2.05, 4.69) is 24.9 Å². The number of hydrogen-bond donors (Lipinski definition) is 2. The second-order valence-corrected chi connectivity index (χ2v) is 7.00. The van der Waals surface area contributed by atoms with Crippen LogP contribution in [0.5, 0.6) is 5.88 Å². The molecule has 0 saturated heterocycles. The zero-order chi connectivity index (χ0) is 19.1. The molecule has 0 atom stereocenters. The molecule has 0 aromatic carbocycles. The summed E-state index contributed by atoms with van der Waals surface area (Å²) < 4.78 is 6.09. The molecular weight excluding hydrogens is 364 g/mol. The van der Waals surface area contributed by atoms with Crippen LogP contribution in [0, 0.1) is 6.92 Å². The molecule has 0 amide bonds. The summed E-state index contributed by atoms with van der Waals surface area (Å²) in [5.41, 5.74) is 4.35. The van der Waals surface area contributed by atoms with E-state index in [0.717, 1.165) is 38.8 Å². The summed E-state index contributed by atoms with van der Waals surface area (Å²) in [5, 5.41) is 10.1. The van der Waals surface area contributed by atoms with Crippen LogP contribution in [0.1, 0.15) is 22.5 Å². The number of thioether (sulfide) groups is 1. The van der Waals surface area contributed by atoms with Gasteiger partial charge in [0.05, 0.1) is 31.9 Å². The number of nitrogens with one attached hydrogen (secondary N) is 1. The molecule has 2 N–H and O–H groups in total. The number of aromatic nitrogens is 5. The number of nitrogens with zero attached hydrogens (tertiary/aromatic N) is 5. The molecule has 0 radical (unpaired) electrons. The van der Waals surface area contributed by atoms with Crippen molar-refractivity contribution in [3.05, 3.63) is 65.2 Å². The van der Waals surface area contributed by atoms with Gasteiger partial charge in [0, 0.05) is 42.1 Å². The molecule has 8 nitrogen and oxygen atoms in total. The highest BCUT2D eigenvalue weighted by atomic mass is 32.2. The quantitative estimate of drug-likeness (QED) is 0.453. The van der Waals surface area contributed by atoms with Crippen molar-refractivity contribution in [3.63, 3.8) is 0 Å². The zero-order valence-electron chi connectivity index (χ0n) is 15.3. The SMILES string of the molecule is COc1cc(Cc2cnc(=NCCSCc3nc[nH]c3C)n(O)c2)ccn1. The lowest BCUT2D eigenvalue weighted by atomic mass is 10.1. The van der Waals surface area contributed by atoms with Crippen LogP contribution in [-0.4, -0.2) is 49.3 Å². The van der Waals surface area contributed by atoms with Gasteiger partial charge in [-0.05, 0) is 24.1 Å². The van der Waals surface area contributed by atoms with Crippen molar-refractivity contribution in [1.82, 2.24) is 24.7 Å². The summed E-state index contributed by atoms with van der Waals surface area (Å²) in [4.78, 5) is 20.0. The van der Waals surface area contributed by atoms with Crippen LogP contribution in [0.25, 0.3) is 0 Å². The molecule has 0 spiro atoms. The summed E-state index contributed by atoms with van der Waals surface area (Å²) in [6, 6.07) is 3.76. The Bertz CT molecular complexity index is 953. The van der Waals surface area contributed by atoms with E-state index in [9.17, 15) is 5.21 Å². The van der Waals surface area contributed by atoms with Crippen molar-refractivity contribution in [1.29, 1.82) is 0 Å². The average Bonchev–Trinajstić information content (AvgIpc) is 3.08. The summed E-state index contributed by atoms with van der Waals surface area (Å²) >= 11 is 1.75. The van der Waals surface area contributed by atoms with Gasteiger partial charge in [0.1, 0.15) is 0 Å². The van der Waals surface area contributed by atoms with Gasteiger partial charge in [-0.3, -0.25) is 0 Å². The largest absolute Gasteiger partial charge is 0.481 e. The maximum Gasteiger partial charge on any atom is 0.258 e. The summed E-state index contributed by atoms with van der Waals surface area (Å²) in [5.74, 6) is 2.23. The number of pyridine rings is 1. The molecule has 142 valence electrons. The Morgan fingerprint density at radius 1 is 1.30 bits per heavy atom. The van der Waals surface area contributed by atoms with Crippen molar-refractivity contribution in [2.45, 2.75) is 19.1 Å². The van der Waals surface area contributed by atoms with Gasteiger partial charge >= 0.3 is 0 Å². The van der Waals surface area contributed by atoms with E-state index in [-0.39, 0.29) is 0 Å². The topological polar surface area (TPSA) is 101 Å². The third-order valence-electron chi connectivity index (χ3n) is 3.92. The Balaban J connectivity index is 1.55. The molecule has 0 saturated carbocycles. The van der Waals surface area contributed by atoms with Crippen molar-refractivity contribution in [2.75, 3.05) is 19.4 Å². The number of H-pyrrole nitrogens is 1. The van der Waals surface area contributed by atoms with E-state index in [1.807, 2.05) is 19.1 Å². The number of hydrogen-bond acceptors (Lipinski definition) is 7. The monoisotopic (exact) mass is 386 g/mol. The molecule has 3 aromatic rings. The Labute approximate surface area is 161 Å². The fraction of sp³-hybridized carbons (Fsp3) is 0.333. The normalized spacial score (nSPS) is 11.7. The molecule has 9 heteroatoms. The third-order valence-corrected chi connectivity index (χ3v) is 4.87. The highest BCUT2D eigenvalue weighted by Crippen LogP contribution is 2.13. The minimum absolute atomic E-state index is 0.294. The molecule has 0 bridgehead atoms. The molecule has 0 fully saturated rings. The summed E-state index contributed by atoms with van der Waals surface area (Å²) in [7, 11) is 1.58. The second-order valence-electron chi connectivity index (χ2n) is 5.90. The highest BCUT2D eigenvalue weighted by molar-refractivity contribution is 7.98. The lowest BCUT2D eigenvalue weighted by Crippen LogP contribution is -2.23. The third kappa shape index (κ3) is 5.33. The second kappa shape index (κ2) is 9.22. The molecule has 27 heavy (non-hydrogen) atoms. The standard InChI is InChI=1S/C18H22N6O2S/c1-13-16(23-12-22-13)11-27-6-5-20-18-21-9-15(10-24(18)25)7-14-3-4-19-17(8-14)26-2/h3-4,8-10,12,25H,5-7,11H2,1-2H3,(H,22,23). The molecular formula is C18H22N6O2S. The van der Waals surface area contributed by atoms with Gasteiger partial charge in [0.15, 0.2) is 0 Å². The van der Waals surface area contributed by atoms with Crippen LogP contribution < -0.4 is 10.4 Å². The molecule has 0 aliphatic carbocycles. The fourth-order valence-corrected chi connectivity index (χ4v) is 3.32. The molecule has 3 aromatic heterocycles. The minimum Gasteiger partial charge on any atom is -0.481 e. The van der Waals surface area contributed by atoms with Gasteiger partial charge < -0.3 is 14.9 Å². The summed E-state index contributed by atoms with van der Waals surface area (Å²) in [6.45, 7) is 2.58. The van der Waals surface area contributed by atoms with Gasteiger partial charge in [0.2, 0.25) is 5.88 Å². The number of methoxy groups -OCH3 is 1. The first-order valence-electron chi connectivity index (χ1n) is 8.48. The number of aromatic amines is 1. The van der Waals surface area contributed by atoms with Gasteiger partial charge in [-0.2, -0.15) is 16.5 Å². The van der Waals surface area contributed by atoms with E-state index in [1.165, 1.54) is 0 Å². The minimum atomic E-state index is 0.294. The predicted molar refractivity (Wildman–Crippen MR) is 103 cm³/mol. The Morgan fingerprint density at radius 2 is 2.19 bits per heavy atom. The Kier molecular flexibility index (Phi) is 6.48. The van der Waals surface area contributed by atoms with Crippen molar-refractivity contribution in [2.24, 2.45) is 4.99 Å². The summed E-state index contributed by atoms with van der Waals surface area (Å²) in [6.07, 6.45) is 7.36. The number of ether oxygens (including phenoxy) is 1. The fourth-order valence-electron chi connectivity index (χ4n) is 2.47. The number of aryl methyl sites for hydroxylation is 1. The first-order valence-corrected chi connectivity index (χ1v) is 9.64. The molecule has 3 heterocycles. The van der Waals surface area contributed by atoms with Crippen LogP contribution in [0.3, 0.4) is 0 Å². The first kappa shape index (κ1) is 19.0. The van der Waals surface area contributed by atoms with Crippen LogP contribution in [0.2, 0.25) is 0 Å². The lowest BCUT2D eigenvalue weighted by Gasteiger charge is -2.05. The van der Waals surface area contributed by atoms with Gasteiger partial charge in [-0.25, -0.2) is 19.9 Å². The molecule has 3 rings (SSSR count). The maximum atomic E-state index is 10.1. The van der Waals surface area contributed by atoms with Gasteiger partial charge in [-0.15, -0.1) is 0 Å². The van der Waals surface area contributed by atoms with E-state index >= 15 is 0 Å². The zero-order valence-corrected chi connectivity index (χ0v) is 16.1. The smallest absolute Gasteiger partial charge is 0.258 e. The Morgan fingerprint density at radius 3 is 2.93 bits per heavy atom. The number of imidazole rings is 1.